The molecule has 2 N–H and O–H groups in total. The molecule has 0 radical (unpaired) electrons. The normalized spacial score (nSPS) is 14.3. The van der Waals surface area contributed by atoms with E-state index >= 15 is 0 Å². The molecule has 26 heavy (non-hydrogen) atoms. The lowest BCUT2D eigenvalue weighted by Gasteiger charge is -2.11. The van der Waals surface area contributed by atoms with Gasteiger partial charge >= 0.3 is 12.0 Å². The molecule has 0 fully saturated rings. The second-order valence-corrected chi connectivity index (χ2v) is 5.77. The smallest absolute Gasteiger partial charge is 0.331 e. The zero-order chi connectivity index (χ0) is 19.1. The zero-order valence-electron chi connectivity index (χ0n) is 14.3. The van der Waals surface area contributed by atoms with E-state index in [1.165, 1.54) is 20.0 Å². The number of carbonyl (C=O) groups excluding carboxylic acids is 3. The van der Waals surface area contributed by atoms with E-state index in [2.05, 4.69) is 5.32 Å². The van der Waals surface area contributed by atoms with Gasteiger partial charge in [-0.1, -0.05) is 11.6 Å². The van der Waals surface area contributed by atoms with Crippen LogP contribution in [0.4, 0.5) is 4.79 Å². The van der Waals surface area contributed by atoms with Crippen LogP contribution in [0.3, 0.4) is 0 Å². The molecule has 1 heterocycles. The number of rotatable bonds is 4. The Morgan fingerprint density at radius 3 is 2.73 bits per heavy atom. The van der Waals surface area contributed by atoms with Crippen molar-refractivity contribution in [2.75, 3.05) is 20.3 Å². The summed E-state index contributed by atoms with van der Waals surface area (Å²) in [5, 5.41) is 4.61. The molecule has 1 aromatic carbocycles. The highest BCUT2D eigenvalue weighted by Gasteiger charge is 2.19. The first kappa shape index (κ1) is 19.6. The lowest BCUT2D eigenvalue weighted by Crippen LogP contribution is -2.43. The maximum Gasteiger partial charge on any atom is 0.331 e. The molecule has 0 bridgehead atoms. The van der Waals surface area contributed by atoms with Gasteiger partial charge in [0.05, 0.1) is 18.2 Å². The van der Waals surface area contributed by atoms with Crippen LogP contribution in [0.25, 0.3) is 6.08 Å². The number of imide groups is 1. The van der Waals surface area contributed by atoms with Gasteiger partial charge in [0.25, 0.3) is 5.91 Å². The second kappa shape index (κ2) is 9.10. The molecule has 1 atom stereocenters. The fourth-order valence-corrected chi connectivity index (χ4v) is 2.33. The van der Waals surface area contributed by atoms with Crippen molar-refractivity contribution in [2.45, 2.75) is 19.4 Å². The van der Waals surface area contributed by atoms with E-state index in [0.717, 1.165) is 12.5 Å². The highest BCUT2D eigenvalue weighted by molar-refractivity contribution is 6.32. The molecule has 0 spiro atoms. The summed E-state index contributed by atoms with van der Waals surface area (Å²) in [4.78, 5) is 34.5. The lowest BCUT2D eigenvalue weighted by molar-refractivity contribution is -0.149. The maximum atomic E-state index is 11.8. The van der Waals surface area contributed by atoms with Crippen LogP contribution in [0, 0.1) is 0 Å². The summed E-state index contributed by atoms with van der Waals surface area (Å²) in [6.45, 7) is 2.38. The second-order valence-electron chi connectivity index (χ2n) is 5.36. The van der Waals surface area contributed by atoms with Gasteiger partial charge in [-0.25, -0.2) is 9.59 Å². The highest BCUT2D eigenvalue weighted by Crippen LogP contribution is 2.38. The molecular weight excluding hydrogens is 364 g/mol. The Balaban J connectivity index is 1.99. The van der Waals surface area contributed by atoms with Gasteiger partial charge in [0.1, 0.15) is 0 Å². The average molecular weight is 383 g/mol. The number of amides is 3. The van der Waals surface area contributed by atoms with Crippen molar-refractivity contribution in [3.05, 3.63) is 28.8 Å². The van der Waals surface area contributed by atoms with Crippen LogP contribution in [0.2, 0.25) is 5.02 Å². The van der Waals surface area contributed by atoms with Crippen molar-refractivity contribution in [3.63, 3.8) is 0 Å². The highest BCUT2D eigenvalue weighted by atomic mass is 35.5. The van der Waals surface area contributed by atoms with Gasteiger partial charge < -0.3 is 19.5 Å². The van der Waals surface area contributed by atoms with Crippen LogP contribution in [-0.4, -0.2) is 44.3 Å². The summed E-state index contributed by atoms with van der Waals surface area (Å²) < 4.78 is 16.0. The number of hydrogen-bond donors (Lipinski definition) is 2. The standard InChI is InChI=1S/C17H19ClN2O6/c1-10(16(22)20-17(23)19-2)26-14(21)5-4-11-8-12(18)15-13(9-11)24-6-3-7-25-15/h4-5,8-10H,3,6-7H2,1-2H3,(H2,19,20,22,23)/b5-4+/t10-/m0/s1. The summed E-state index contributed by atoms with van der Waals surface area (Å²) in [6.07, 6.45) is 2.25. The van der Waals surface area contributed by atoms with E-state index < -0.39 is 24.0 Å². The van der Waals surface area contributed by atoms with Gasteiger partial charge in [-0.2, -0.15) is 0 Å². The maximum absolute atomic E-state index is 11.8. The quantitative estimate of drug-likeness (QED) is 0.609. The molecule has 140 valence electrons. The minimum Gasteiger partial charge on any atom is -0.489 e. The van der Waals surface area contributed by atoms with Gasteiger partial charge in [0, 0.05) is 19.5 Å². The average Bonchev–Trinajstić information content (AvgIpc) is 2.85. The van der Waals surface area contributed by atoms with Gasteiger partial charge in [-0.3, -0.25) is 10.1 Å². The lowest BCUT2D eigenvalue weighted by atomic mass is 10.2. The third-order valence-electron chi connectivity index (χ3n) is 3.36. The first-order valence-electron chi connectivity index (χ1n) is 7.91. The van der Waals surface area contributed by atoms with Crippen molar-refractivity contribution < 1.29 is 28.6 Å². The number of ether oxygens (including phenoxy) is 3. The van der Waals surface area contributed by atoms with Crippen molar-refractivity contribution in [1.82, 2.24) is 10.6 Å². The molecule has 0 unspecified atom stereocenters. The number of fused-ring (bicyclic) bond motifs is 1. The van der Waals surface area contributed by atoms with E-state index in [4.69, 9.17) is 25.8 Å². The van der Waals surface area contributed by atoms with Gasteiger partial charge in [0.2, 0.25) is 0 Å². The first-order chi connectivity index (χ1) is 12.4. The Bertz CT molecular complexity index is 734. The fourth-order valence-electron chi connectivity index (χ4n) is 2.05. The summed E-state index contributed by atoms with van der Waals surface area (Å²) in [7, 11) is 1.36. The van der Waals surface area contributed by atoms with E-state index in [1.54, 1.807) is 12.1 Å². The van der Waals surface area contributed by atoms with E-state index in [9.17, 15) is 14.4 Å². The first-order valence-corrected chi connectivity index (χ1v) is 8.29. The molecule has 0 saturated carbocycles. The predicted molar refractivity (Wildman–Crippen MR) is 94.2 cm³/mol. The molecule has 9 heteroatoms. The molecule has 0 saturated heterocycles. The molecule has 3 amide bonds. The number of halogens is 1. The third kappa shape index (κ3) is 5.38. The SMILES string of the molecule is CNC(=O)NC(=O)[C@H](C)OC(=O)/C=C/c1cc(Cl)c2c(c1)OCCCO2. The molecule has 1 aliphatic rings. The monoisotopic (exact) mass is 382 g/mol. The Labute approximate surface area is 155 Å². The van der Waals surface area contributed by atoms with Gasteiger partial charge in [-0.05, 0) is 30.7 Å². The number of carbonyl (C=O) groups is 3. The third-order valence-corrected chi connectivity index (χ3v) is 3.64. The number of nitrogens with one attached hydrogen (secondary N) is 2. The molecule has 1 aliphatic heterocycles. The minimum absolute atomic E-state index is 0.371. The number of urea groups is 1. The van der Waals surface area contributed by atoms with Crippen LogP contribution in [-0.2, 0) is 14.3 Å². The number of esters is 1. The molecule has 0 aromatic heterocycles. The van der Waals surface area contributed by atoms with E-state index in [1.807, 2.05) is 5.32 Å². The molecule has 8 nitrogen and oxygen atoms in total. The fraction of sp³-hybridized carbons (Fsp3) is 0.353. The molecular formula is C17H19ClN2O6. The van der Waals surface area contributed by atoms with Gasteiger partial charge in [-0.15, -0.1) is 0 Å². The van der Waals surface area contributed by atoms with E-state index in [-0.39, 0.29) is 0 Å². The van der Waals surface area contributed by atoms with Crippen molar-refractivity contribution in [2.24, 2.45) is 0 Å². The summed E-state index contributed by atoms with van der Waals surface area (Å²) in [5.41, 5.74) is 0.610. The number of benzene rings is 1. The number of hydrogen-bond acceptors (Lipinski definition) is 6. The summed E-state index contributed by atoms with van der Waals surface area (Å²) >= 11 is 6.18. The zero-order valence-corrected chi connectivity index (χ0v) is 15.1. The Kier molecular flexibility index (Phi) is 6.85. The van der Waals surface area contributed by atoms with Crippen molar-refractivity contribution >= 4 is 35.6 Å². The van der Waals surface area contributed by atoms with E-state index in [0.29, 0.717) is 35.3 Å². The summed E-state index contributed by atoms with van der Waals surface area (Å²) in [5.74, 6) is -0.498. The molecule has 0 aliphatic carbocycles. The predicted octanol–water partition coefficient (Wildman–Crippen LogP) is 1.90. The molecule has 1 aromatic rings. The Morgan fingerprint density at radius 2 is 2.00 bits per heavy atom. The van der Waals surface area contributed by atoms with Gasteiger partial charge in [0.15, 0.2) is 17.6 Å². The summed E-state index contributed by atoms with van der Waals surface area (Å²) in [6, 6.07) is 2.63. The van der Waals surface area contributed by atoms with Crippen molar-refractivity contribution in [3.8, 4) is 11.5 Å². The van der Waals surface area contributed by atoms with Crippen LogP contribution in [0.1, 0.15) is 18.9 Å². The molecule has 2 rings (SSSR count). The van der Waals surface area contributed by atoms with Crippen molar-refractivity contribution in [1.29, 1.82) is 0 Å². The van der Waals surface area contributed by atoms with Crippen LogP contribution in [0.5, 0.6) is 11.5 Å². The topological polar surface area (TPSA) is 103 Å². The minimum atomic E-state index is -1.13. The Morgan fingerprint density at radius 1 is 1.27 bits per heavy atom. The van der Waals surface area contributed by atoms with Crippen LogP contribution >= 0.6 is 11.6 Å². The van der Waals surface area contributed by atoms with Crippen LogP contribution < -0.4 is 20.1 Å². The Hall–Kier alpha value is -2.74. The largest absolute Gasteiger partial charge is 0.489 e. The van der Waals surface area contributed by atoms with Crippen LogP contribution in [0.15, 0.2) is 18.2 Å².